The fraction of sp³-hybridized carbons (Fsp3) is 0.231. The average molecular weight is 400 g/mol. The van der Waals surface area contributed by atoms with E-state index in [1.165, 1.54) is 7.11 Å². The predicted molar refractivity (Wildman–Crippen MR) is 115 cm³/mol. The first-order valence-electron chi connectivity index (χ1n) is 10.2. The Kier molecular flexibility index (Phi) is 5.77. The second-order valence-electron chi connectivity index (χ2n) is 7.87. The van der Waals surface area contributed by atoms with Crippen LogP contribution in [0.1, 0.15) is 39.0 Å². The lowest BCUT2D eigenvalue weighted by molar-refractivity contribution is -0.700. The van der Waals surface area contributed by atoms with Crippen molar-refractivity contribution in [2.45, 2.75) is 24.9 Å². The van der Waals surface area contributed by atoms with E-state index in [9.17, 15) is 9.59 Å². The maximum Gasteiger partial charge on any atom is 0.365 e. The van der Waals surface area contributed by atoms with E-state index in [1.54, 1.807) is 0 Å². The van der Waals surface area contributed by atoms with E-state index in [4.69, 9.17) is 4.74 Å². The van der Waals surface area contributed by atoms with Crippen LogP contribution in [-0.4, -0.2) is 24.9 Å². The van der Waals surface area contributed by atoms with E-state index in [2.05, 4.69) is 0 Å². The van der Waals surface area contributed by atoms with Crippen LogP contribution in [0, 0.1) is 12.8 Å². The van der Waals surface area contributed by atoms with Crippen LogP contribution < -0.4 is 5.32 Å². The highest BCUT2D eigenvalue weighted by molar-refractivity contribution is 5.99. The van der Waals surface area contributed by atoms with Crippen LogP contribution in [0.25, 0.3) is 0 Å². The monoisotopic (exact) mass is 400 g/mol. The molecule has 0 aliphatic carbocycles. The maximum absolute atomic E-state index is 13.8. The standard InChI is InChI=1S/C26H25NO3/c1-17-13-15-20(16-14-17)25(28)22-21(18-9-5-3-6-10-18)24(26(29)30-2)27-23(22)19-11-7-4-8-12-19/h3-16,21-24,27H,1-2H3/p+1/t21-,22+,23+,24-/m1/s1. The molecule has 2 N–H and O–H groups in total. The number of aryl methyl sites for hydroxylation is 1. The number of nitrogens with two attached hydrogens (primary N) is 1. The van der Waals surface area contributed by atoms with Gasteiger partial charge >= 0.3 is 5.97 Å². The van der Waals surface area contributed by atoms with Crippen molar-refractivity contribution >= 4 is 11.8 Å². The molecule has 0 bridgehead atoms. The Balaban J connectivity index is 1.84. The van der Waals surface area contributed by atoms with Gasteiger partial charge in [0.15, 0.2) is 11.8 Å². The minimum absolute atomic E-state index is 0.0559. The molecule has 4 atom stereocenters. The fourth-order valence-electron chi connectivity index (χ4n) is 4.59. The normalized spacial score (nSPS) is 23.1. The summed E-state index contributed by atoms with van der Waals surface area (Å²) < 4.78 is 5.14. The number of carbonyl (C=O) groups is 2. The highest BCUT2D eigenvalue weighted by Crippen LogP contribution is 2.41. The Morgan fingerprint density at radius 1 is 0.800 bits per heavy atom. The van der Waals surface area contributed by atoms with Gasteiger partial charge < -0.3 is 10.1 Å². The molecule has 1 aliphatic heterocycles. The van der Waals surface area contributed by atoms with Crippen molar-refractivity contribution in [2.75, 3.05) is 7.11 Å². The van der Waals surface area contributed by atoms with Gasteiger partial charge in [-0.2, -0.15) is 0 Å². The molecular formula is C26H26NO3+. The molecule has 4 heteroatoms. The molecule has 3 aromatic rings. The van der Waals surface area contributed by atoms with Crippen LogP contribution in [-0.2, 0) is 9.53 Å². The summed E-state index contributed by atoms with van der Waals surface area (Å²) in [5.74, 6) is -0.913. The Bertz CT molecular complexity index is 1020. The summed E-state index contributed by atoms with van der Waals surface area (Å²) in [5.41, 5.74) is 3.80. The molecule has 1 heterocycles. The summed E-state index contributed by atoms with van der Waals surface area (Å²) in [6, 6.07) is 26.8. The number of Topliss-reactive ketones (excluding diaryl/α,β-unsaturated/α-hetero) is 1. The largest absolute Gasteiger partial charge is 0.465 e. The first-order valence-corrected chi connectivity index (χ1v) is 10.2. The first-order chi connectivity index (χ1) is 14.6. The molecule has 3 aromatic carbocycles. The molecule has 4 nitrogen and oxygen atoms in total. The first kappa shape index (κ1) is 20.0. The Morgan fingerprint density at radius 2 is 1.37 bits per heavy atom. The lowest BCUT2D eigenvalue weighted by Crippen LogP contribution is -2.90. The third kappa shape index (κ3) is 3.79. The van der Waals surface area contributed by atoms with Crippen molar-refractivity contribution in [2.24, 2.45) is 5.92 Å². The molecule has 0 spiro atoms. The predicted octanol–water partition coefficient (Wildman–Crippen LogP) is 3.44. The van der Waals surface area contributed by atoms with Crippen LogP contribution in [0.2, 0.25) is 0 Å². The van der Waals surface area contributed by atoms with E-state index in [1.807, 2.05) is 97.2 Å². The second kappa shape index (κ2) is 8.64. The summed E-state index contributed by atoms with van der Waals surface area (Å²) in [6.45, 7) is 2.00. The molecule has 0 radical (unpaired) electrons. The summed E-state index contributed by atoms with van der Waals surface area (Å²) in [5, 5.41) is 2.01. The summed E-state index contributed by atoms with van der Waals surface area (Å²) in [4.78, 5) is 26.6. The number of hydrogen-bond donors (Lipinski definition) is 1. The Labute approximate surface area is 176 Å². The Hall–Kier alpha value is -3.24. The SMILES string of the molecule is COC(=O)[C@@H]1[NH2+][C@@H](c2ccccc2)[C@@H](C(=O)c2ccc(C)cc2)[C@H]1c1ccccc1. The minimum Gasteiger partial charge on any atom is -0.465 e. The van der Waals surface area contributed by atoms with Crippen molar-refractivity contribution in [3.8, 4) is 0 Å². The number of carbonyl (C=O) groups excluding carboxylic acids is 2. The van der Waals surface area contributed by atoms with E-state index >= 15 is 0 Å². The van der Waals surface area contributed by atoms with Gasteiger partial charge in [-0.05, 0) is 12.5 Å². The molecule has 1 fully saturated rings. The lowest BCUT2D eigenvalue weighted by Gasteiger charge is -2.21. The molecule has 0 saturated carbocycles. The van der Waals surface area contributed by atoms with Gasteiger partial charge in [-0.1, -0.05) is 90.5 Å². The van der Waals surface area contributed by atoms with Crippen LogP contribution in [0.4, 0.5) is 0 Å². The van der Waals surface area contributed by atoms with Gasteiger partial charge in [0, 0.05) is 11.1 Å². The minimum atomic E-state index is -0.484. The number of rotatable bonds is 5. The van der Waals surface area contributed by atoms with Crippen molar-refractivity contribution in [3.05, 3.63) is 107 Å². The number of quaternary nitrogens is 1. The summed E-state index contributed by atoms with van der Waals surface area (Å²) in [6.07, 6.45) is 0. The van der Waals surface area contributed by atoms with Crippen LogP contribution in [0.15, 0.2) is 84.9 Å². The smallest absolute Gasteiger partial charge is 0.365 e. The van der Waals surface area contributed by atoms with Crippen molar-refractivity contribution in [3.63, 3.8) is 0 Å². The van der Waals surface area contributed by atoms with Gasteiger partial charge in [-0.25, -0.2) is 4.79 Å². The van der Waals surface area contributed by atoms with Crippen LogP contribution >= 0.6 is 0 Å². The molecule has 0 aromatic heterocycles. The van der Waals surface area contributed by atoms with E-state index in [-0.39, 0.29) is 29.6 Å². The van der Waals surface area contributed by atoms with Crippen LogP contribution in [0.3, 0.4) is 0 Å². The topological polar surface area (TPSA) is 60.0 Å². The van der Waals surface area contributed by atoms with Crippen molar-refractivity contribution < 1.29 is 19.6 Å². The number of ether oxygens (including phenoxy) is 1. The van der Waals surface area contributed by atoms with Gasteiger partial charge in [0.2, 0.25) is 0 Å². The summed E-state index contributed by atoms with van der Waals surface area (Å²) >= 11 is 0. The lowest BCUT2D eigenvalue weighted by atomic mass is 9.76. The third-order valence-electron chi connectivity index (χ3n) is 6.06. The molecule has 1 aliphatic rings. The van der Waals surface area contributed by atoms with E-state index in [0.29, 0.717) is 5.56 Å². The van der Waals surface area contributed by atoms with Gasteiger partial charge in [-0.3, -0.25) is 4.79 Å². The number of methoxy groups -OCH3 is 1. The zero-order chi connectivity index (χ0) is 21.1. The number of benzene rings is 3. The zero-order valence-corrected chi connectivity index (χ0v) is 17.2. The molecule has 4 rings (SSSR count). The molecule has 152 valence electrons. The van der Waals surface area contributed by atoms with Crippen LogP contribution in [0.5, 0.6) is 0 Å². The fourth-order valence-corrected chi connectivity index (χ4v) is 4.59. The summed E-state index contributed by atoms with van der Waals surface area (Å²) in [7, 11) is 1.41. The van der Waals surface area contributed by atoms with E-state index < -0.39 is 6.04 Å². The van der Waals surface area contributed by atoms with Gasteiger partial charge in [0.05, 0.1) is 18.9 Å². The molecule has 1 saturated heterocycles. The number of esters is 1. The second-order valence-corrected chi connectivity index (χ2v) is 7.87. The van der Waals surface area contributed by atoms with Gasteiger partial charge in [0.25, 0.3) is 0 Å². The molecule has 30 heavy (non-hydrogen) atoms. The number of ketones is 1. The average Bonchev–Trinajstić information content (AvgIpc) is 3.20. The maximum atomic E-state index is 13.8. The van der Waals surface area contributed by atoms with Crippen molar-refractivity contribution in [1.29, 1.82) is 0 Å². The molecule has 0 unspecified atom stereocenters. The third-order valence-corrected chi connectivity index (χ3v) is 6.06. The van der Waals surface area contributed by atoms with Gasteiger partial charge in [-0.15, -0.1) is 0 Å². The quantitative estimate of drug-likeness (QED) is 0.527. The number of hydrogen-bond acceptors (Lipinski definition) is 3. The van der Waals surface area contributed by atoms with Gasteiger partial charge in [0.1, 0.15) is 6.04 Å². The Morgan fingerprint density at radius 3 is 1.93 bits per heavy atom. The highest BCUT2D eigenvalue weighted by Gasteiger charge is 2.55. The van der Waals surface area contributed by atoms with E-state index in [0.717, 1.165) is 16.7 Å². The molecular weight excluding hydrogens is 374 g/mol. The highest BCUT2D eigenvalue weighted by atomic mass is 16.5. The molecule has 0 amide bonds. The zero-order valence-electron chi connectivity index (χ0n) is 17.2. The van der Waals surface area contributed by atoms with Crippen molar-refractivity contribution in [1.82, 2.24) is 0 Å².